The summed E-state index contributed by atoms with van der Waals surface area (Å²) in [4.78, 5) is 20.1. The molecule has 2 aromatic carbocycles. The normalized spacial score (nSPS) is 16.9. The number of aryl methyl sites for hydroxylation is 1. The zero-order valence-corrected chi connectivity index (χ0v) is 17.4. The number of amidine groups is 1. The molecule has 0 aromatic heterocycles. The largest absolute Gasteiger partial charge is 0.493 e. The second-order valence-electron chi connectivity index (χ2n) is 6.36. The van der Waals surface area contributed by atoms with Crippen molar-refractivity contribution in [2.24, 2.45) is 4.99 Å². The lowest BCUT2D eigenvalue weighted by molar-refractivity contribution is -0.122. The van der Waals surface area contributed by atoms with E-state index in [1.165, 1.54) is 11.8 Å². The Balaban J connectivity index is 1.99. The van der Waals surface area contributed by atoms with Crippen molar-refractivity contribution in [1.82, 2.24) is 4.90 Å². The van der Waals surface area contributed by atoms with Crippen LogP contribution in [-0.4, -0.2) is 36.7 Å². The number of ether oxygens (including phenoxy) is 2. The first kappa shape index (κ1) is 20.0. The fraction of sp³-hybridized carbons (Fsp3) is 0.273. The van der Waals surface area contributed by atoms with Crippen LogP contribution in [0.5, 0.6) is 11.5 Å². The van der Waals surface area contributed by atoms with Crippen molar-refractivity contribution >= 4 is 34.6 Å². The molecule has 146 valence electrons. The fourth-order valence-electron chi connectivity index (χ4n) is 2.92. The van der Waals surface area contributed by atoms with Gasteiger partial charge < -0.3 is 9.47 Å². The molecule has 0 N–H and O–H groups in total. The number of hydrogen-bond donors (Lipinski definition) is 0. The van der Waals surface area contributed by atoms with Gasteiger partial charge in [0.2, 0.25) is 0 Å². The molecule has 0 atom stereocenters. The smallest absolute Gasteiger partial charge is 0.266 e. The molecule has 6 heteroatoms. The van der Waals surface area contributed by atoms with E-state index in [1.807, 2.05) is 55.5 Å². The number of methoxy groups -OCH3 is 2. The van der Waals surface area contributed by atoms with Crippen LogP contribution >= 0.6 is 11.8 Å². The van der Waals surface area contributed by atoms with Crippen LogP contribution in [0, 0.1) is 6.92 Å². The number of rotatable bonds is 6. The summed E-state index contributed by atoms with van der Waals surface area (Å²) in [7, 11) is 3.22. The molecule has 1 heterocycles. The highest BCUT2D eigenvalue weighted by Gasteiger charge is 2.33. The topological polar surface area (TPSA) is 51.1 Å². The molecule has 2 aromatic rings. The predicted octanol–water partition coefficient (Wildman–Crippen LogP) is 5.03. The number of nitrogens with zero attached hydrogens (tertiary/aromatic N) is 2. The molecule has 1 fully saturated rings. The lowest BCUT2D eigenvalue weighted by Gasteiger charge is -2.14. The Bertz CT molecular complexity index is 923. The van der Waals surface area contributed by atoms with Gasteiger partial charge in [0.1, 0.15) is 0 Å². The zero-order valence-electron chi connectivity index (χ0n) is 16.6. The van der Waals surface area contributed by atoms with Crippen LogP contribution in [0.1, 0.15) is 24.5 Å². The van der Waals surface area contributed by atoms with E-state index < -0.39 is 0 Å². The summed E-state index contributed by atoms with van der Waals surface area (Å²) in [6.45, 7) is 4.68. The summed E-state index contributed by atoms with van der Waals surface area (Å²) in [5, 5.41) is 0.711. The van der Waals surface area contributed by atoms with Crippen molar-refractivity contribution in [3.8, 4) is 11.5 Å². The fourth-order valence-corrected chi connectivity index (χ4v) is 3.93. The Morgan fingerprint density at radius 1 is 1.11 bits per heavy atom. The lowest BCUT2D eigenvalue weighted by Crippen LogP contribution is -2.29. The molecule has 0 bridgehead atoms. The third-order valence-corrected chi connectivity index (χ3v) is 5.38. The highest BCUT2D eigenvalue weighted by Crippen LogP contribution is 2.37. The molecule has 0 aliphatic carbocycles. The number of thioether (sulfide) groups is 1. The second kappa shape index (κ2) is 8.97. The van der Waals surface area contributed by atoms with Gasteiger partial charge in [0, 0.05) is 6.54 Å². The molecule has 0 saturated carbocycles. The van der Waals surface area contributed by atoms with Gasteiger partial charge in [-0.15, -0.1) is 0 Å². The van der Waals surface area contributed by atoms with Crippen LogP contribution < -0.4 is 9.47 Å². The number of carbonyl (C=O) groups is 1. The van der Waals surface area contributed by atoms with Gasteiger partial charge in [0.05, 0.1) is 24.8 Å². The Kier molecular flexibility index (Phi) is 6.41. The van der Waals surface area contributed by atoms with Crippen LogP contribution in [0.15, 0.2) is 52.4 Å². The van der Waals surface area contributed by atoms with Gasteiger partial charge in [-0.1, -0.05) is 25.1 Å². The maximum absolute atomic E-state index is 13.0. The molecular formula is C22H24N2O3S. The van der Waals surface area contributed by atoms with Gasteiger partial charge in [0.25, 0.3) is 5.91 Å². The highest BCUT2D eigenvalue weighted by atomic mass is 32.2. The van der Waals surface area contributed by atoms with E-state index in [0.29, 0.717) is 28.1 Å². The summed E-state index contributed by atoms with van der Waals surface area (Å²) in [6.07, 6.45) is 2.77. The van der Waals surface area contributed by atoms with E-state index in [-0.39, 0.29) is 5.91 Å². The molecule has 0 radical (unpaired) electrons. The molecule has 0 unspecified atom stereocenters. The summed E-state index contributed by atoms with van der Waals surface area (Å²) >= 11 is 1.40. The van der Waals surface area contributed by atoms with Gasteiger partial charge in [-0.25, -0.2) is 4.99 Å². The average Bonchev–Trinajstić information content (AvgIpc) is 2.99. The third-order valence-electron chi connectivity index (χ3n) is 4.38. The number of aliphatic imine (C=N–C) groups is 1. The molecule has 3 rings (SSSR count). The molecule has 0 spiro atoms. The minimum Gasteiger partial charge on any atom is -0.493 e. The van der Waals surface area contributed by atoms with Crippen molar-refractivity contribution in [2.45, 2.75) is 20.3 Å². The molecule has 5 nitrogen and oxygen atoms in total. The quantitative estimate of drug-likeness (QED) is 0.643. The van der Waals surface area contributed by atoms with E-state index in [4.69, 9.17) is 9.47 Å². The summed E-state index contributed by atoms with van der Waals surface area (Å²) in [6, 6.07) is 13.5. The van der Waals surface area contributed by atoms with E-state index in [2.05, 4.69) is 11.9 Å². The monoisotopic (exact) mass is 396 g/mol. The van der Waals surface area contributed by atoms with Crippen molar-refractivity contribution < 1.29 is 14.3 Å². The molecule has 1 saturated heterocycles. The Labute approximate surface area is 170 Å². The zero-order chi connectivity index (χ0) is 20.1. The summed E-state index contributed by atoms with van der Waals surface area (Å²) in [5.74, 6) is 1.29. The number of carbonyl (C=O) groups excluding carboxylic acids is 1. The van der Waals surface area contributed by atoms with Crippen LogP contribution in [0.25, 0.3) is 6.08 Å². The third kappa shape index (κ3) is 4.22. The van der Waals surface area contributed by atoms with Crippen molar-refractivity contribution in [2.75, 3.05) is 20.8 Å². The number of amides is 1. The van der Waals surface area contributed by atoms with Crippen molar-refractivity contribution in [3.63, 3.8) is 0 Å². The minimum absolute atomic E-state index is 0.0179. The Morgan fingerprint density at radius 2 is 1.79 bits per heavy atom. The van der Waals surface area contributed by atoms with Gasteiger partial charge in [-0.05, 0) is 66.6 Å². The van der Waals surface area contributed by atoms with Crippen molar-refractivity contribution in [3.05, 3.63) is 58.5 Å². The van der Waals surface area contributed by atoms with Crippen molar-refractivity contribution in [1.29, 1.82) is 0 Å². The second-order valence-corrected chi connectivity index (χ2v) is 7.37. The molecular weight excluding hydrogens is 372 g/mol. The van der Waals surface area contributed by atoms with Crippen LogP contribution in [0.3, 0.4) is 0 Å². The first-order valence-corrected chi connectivity index (χ1v) is 9.96. The SMILES string of the molecule is CCCN1C(=O)C(=Cc2cc(OC)c(OC)cc2C)SC1=Nc1ccccc1. The Morgan fingerprint density at radius 3 is 2.43 bits per heavy atom. The van der Waals surface area contributed by atoms with Gasteiger partial charge in [0.15, 0.2) is 16.7 Å². The first-order chi connectivity index (χ1) is 13.6. The van der Waals surface area contributed by atoms with E-state index in [9.17, 15) is 4.79 Å². The predicted molar refractivity (Wildman–Crippen MR) is 115 cm³/mol. The lowest BCUT2D eigenvalue weighted by atomic mass is 10.1. The van der Waals surface area contributed by atoms with Gasteiger partial charge in [-0.2, -0.15) is 0 Å². The molecule has 1 aliphatic heterocycles. The number of benzene rings is 2. The van der Waals surface area contributed by atoms with Gasteiger partial charge >= 0.3 is 0 Å². The maximum atomic E-state index is 13.0. The maximum Gasteiger partial charge on any atom is 0.266 e. The molecule has 1 aliphatic rings. The van der Waals surface area contributed by atoms with Gasteiger partial charge in [-0.3, -0.25) is 9.69 Å². The highest BCUT2D eigenvalue weighted by molar-refractivity contribution is 8.18. The Hall–Kier alpha value is -2.73. The van der Waals surface area contributed by atoms with Crippen LogP contribution in [0.4, 0.5) is 5.69 Å². The van der Waals surface area contributed by atoms with E-state index >= 15 is 0 Å². The summed E-state index contributed by atoms with van der Waals surface area (Å²) < 4.78 is 10.8. The minimum atomic E-state index is -0.0179. The van der Waals surface area contributed by atoms with Crippen LogP contribution in [-0.2, 0) is 4.79 Å². The molecule has 28 heavy (non-hydrogen) atoms. The number of hydrogen-bond acceptors (Lipinski definition) is 5. The van der Waals surface area contributed by atoms with E-state index in [0.717, 1.165) is 23.2 Å². The number of para-hydroxylation sites is 1. The standard InChI is InChI=1S/C22H24N2O3S/c1-5-11-24-21(25)20(28-22(24)23-17-9-7-6-8-10-17)14-16-13-19(27-4)18(26-3)12-15(16)2/h6-10,12-14H,5,11H2,1-4H3. The molecule has 1 amide bonds. The van der Waals surface area contributed by atoms with E-state index in [1.54, 1.807) is 19.1 Å². The van der Waals surface area contributed by atoms with Crippen LogP contribution in [0.2, 0.25) is 0 Å². The average molecular weight is 397 g/mol. The summed E-state index contributed by atoms with van der Waals surface area (Å²) in [5.41, 5.74) is 2.77. The first-order valence-electron chi connectivity index (χ1n) is 9.15.